The van der Waals surface area contributed by atoms with E-state index in [0.717, 1.165) is 6.42 Å². The van der Waals surface area contributed by atoms with E-state index in [9.17, 15) is 0 Å². The summed E-state index contributed by atoms with van der Waals surface area (Å²) in [6, 6.07) is 4.03. The van der Waals surface area contributed by atoms with Crippen molar-refractivity contribution in [3.05, 3.63) is 30.1 Å². The Morgan fingerprint density at radius 1 is 1.55 bits per heavy atom. The molecular formula is C7H9Cl2CoN. The quantitative estimate of drug-likeness (QED) is 0.731. The molecule has 0 amide bonds. The van der Waals surface area contributed by atoms with Gasteiger partial charge in [-0.1, -0.05) is 13.0 Å². The Bertz CT molecular complexity index is 169. The van der Waals surface area contributed by atoms with Gasteiger partial charge in [-0.2, -0.15) is 0 Å². The summed E-state index contributed by atoms with van der Waals surface area (Å²) >= 11 is 0.382. The minimum absolute atomic E-state index is 0.382. The molecule has 0 radical (unpaired) electrons. The van der Waals surface area contributed by atoms with Crippen LogP contribution in [0.4, 0.5) is 0 Å². The Morgan fingerprint density at radius 3 is 2.45 bits per heavy atom. The van der Waals surface area contributed by atoms with E-state index in [1.165, 1.54) is 5.56 Å². The molecule has 1 aromatic heterocycles. The van der Waals surface area contributed by atoms with Crippen LogP contribution in [-0.2, 0) is 19.3 Å². The number of hydrogen-bond acceptors (Lipinski definition) is 1. The molecule has 0 aliphatic heterocycles. The van der Waals surface area contributed by atoms with Crippen LogP contribution in [0, 0.1) is 0 Å². The monoisotopic (exact) mass is 236 g/mol. The van der Waals surface area contributed by atoms with Gasteiger partial charge in [-0.3, -0.25) is 4.98 Å². The van der Waals surface area contributed by atoms with Gasteiger partial charge in [-0.05, 0) is 18.1 Å². The van der Waals surface area contributed by atoms with Crippen molar-refractivity contribution in [3.63, 3.8) is 0 Å². The van der Waals surface area contributed by atoms with Crippen LogP contribution in [0.25, 0.3) is 0 Å². The van der Waals surface area contributed by atoms with Crippen molar-refractivity contribution < 1.29 is 12.9 Å². The van der Waals surface area contributed by atoms with Gasteiger partial charge in [0.15, 0.2) is 0 Å². The average Bonchev–Trinajstić information content (AvgIpc) is 2.08. The van der Waals surface area contributed by atoms with Gasteiger partial charge in [-0.25, -0.2) is 0 Å². The molecule has 0 unspecified atom stereocenters. The molecule has 0 N–H and O–H groups in total. The van der Waals surface area contributed by atoms with Gasteiger partial charge in [0.1, 0.15) is 0 Å². The predicted molar refractivity (Wildman–Crippen MR) is 45.3 cm³/mol. The van der Waals surface area contributed by atoms with E-state index in [0.29, 0.717) is 12.9 Å². The number of rotatable bonds is 1. The van der Waals surface area contributed by atoms with Crippen LogP contribution < -0.4 is 0 Å². The van der Waals surface area contributed by atoms with Crippen molar-refractivity contribution in [3.8, 4) is 0 Å². The first-order valence-corrected chi connectivity index (χ1v) is 5.94. The maximum absolute atomic E-state index is 4.73. The molecule has 1 nitrogen and oxygen atoms in total. The molecular weight excluding hydrogens is 228 g/mol. The van der Waals surface area contributed by atoms with E-state index in [2.05, 4.69) is 18.0 Å². The van der Waals surface area contributed by atoms with Crippen molar-refractivity contribution in [2.24, 2.45) is 0 Å². The first-order chi connectivity index (χ1) is 5.35. The minimum atomic E-state index is 0.382. The molecule has 1 rings (SSSR count). The molecule has 0 spiro atoms. The van der Waals surface area contributed by atoms with Gasteiger partial charge >= 0.3 is 33.2 Å². The van der Waals surface area contributed by atoms with Crippen LogP contribution in [0.5, 0.6) is 0 Å². The van der Waals surface area contributed by atoms with Gasteiger partial charge in [0.2, 0.25) is 0 Å². The van der Waals surface area contributed by atoms with E-state index in [1.54, 1.807) is 6.20 Å². The topological polar surface area (TPSA) is 12.9 Å². The van der Waals surface area contributed by atoms with Crippen LogP contribution in [-0.4, -0.2) is 4.98 Å². The summed E-state index contributed by atoms with van der Waals surface area (Å²) < 4.78 is 0. The second kappa shape index (κ2) is 8.33. The Kier molecular flexibility index (Phi) is 8.51. The van der Waals surface area contributed by atoms with Crippen LogP contribution in [0.1, 0.15) is 12.5 Å². The molecule has 1 heterocycles. The van der Waals surface area contributed by atoms with Crippen molar-refractivity contribution >= 4 is 20.3 Å². The third-order valence-electron chi connectivity index (χ3n) is 1.13. The van der Waals surface area contributed by atoms with Crippen LogP contribution >= 0.6 is 20.3 Å². The Morgan fingerprint density at radius 2 is 2.18 bits per heavy atom. The van der Waals surface area contributed by atoms with Gasteiger partial charge in [-0.15, -0.1) is 0 Å². The fraction of sp³-hybridized carbons (Fsp3) is 0.286. The molecule has 0 fully saturated rings. The number of aromatic nitrogens is 1. The van der Waals surface area contributed by atoms with Gasteiger partial charge in [0.05, 0.1) is 0 Å². The molecule has 0 saturated heterocycles. The van der Waals surface area contributed by atoms with Crippen LogP contribution in [0.3, 0.4) is 0 Å². The van der Waals surface area contributed by atoms with E-state index in [-0.39, 0.29) is 0 Å². The van der Waals surface area contributed by atoms with E-state index >= 15 is 0 Å². The maximum atomic E-state index is 4.73. The molecule has 4 heteroatoms. The molecule has 0 saturated carbocycles. The number of halogens is 2. The van der Waals surface area contributed by atoms with Crippen molar-refractivity contribution in [2.75, 3.05) is 0 Å². The van der Waals surface area contributed by atoms with Gasteiger partial charge in [0, 0.05) is 12.4 Å². The van der Waals surface area contributed by atoms with Crippen molar-refractivity contribution in [1.82, 2.24) is 4.98 Å². The van der Waals surface area contributed by atoms with E-state index in [1.807, 2.05) is 12.3 Å². The normalized spacial score (nSPS) is 8.64. The fourth-order valence-corrected chi connectivity index (χ4v) is 0.607. The molecule has 0 aliphatic carbocycles. The summed E-state index contributed by atoms with van der Waals surface area (Å²) in [5.74, 6) is 0. The third kappa shape index (κ3) is 6.63. The Hall–Kier alpha value is 0.236. The zero-order chi connectivity index (χ0) is 8.53. The summed E-state index contributed by atoms with van der Waals surface area (Å²) in [7, 11) is 9.47. The zero-order valence-electron chi connectivity index (χ0n) is 6.05. The number of hydrogen-bond donors (Lipinski definition) is 0. The first-order valence-electron chi connectivity index (χ1n) is 3.07. The molecule has 1 aromatic rings. The Balaban J connectivity index is 0.000000292. The molecule has 0 aromatic carbocycles. The molecule has 11 heavy (non-hydrogen) atoms. The standard InChI is InChI=1S/C7H9N.2ClH.Co/c1-2-7-4-3-5-8-6-7;;;/h3-6H,2H2,1H3;2*1H;/q;;;+2/p-2. The zero-order valence-corrected chi connectivity index (χ0v) is 8.61. The predicted octanol–water partition coefficient (Wildman–Crippen LogP) is 3.02. The van der Waals surface area contributed by atoms with E-state index in [4.69, 9.17) is 20.3 Å². The number of nitrogens with zero attached hydrogens (tertiary/aromatic N) is 1. The fourth-order valence-electron chi connectivity index (χ4n) is 0.607. The van der Waals surface area contributed by atoms with Crippen molar-refractivity contribution in [2.45, 2.75) is 13.3 Å². The summed E-state index contributed by atoms with van der Waals surface area (Å²) in [5.41, 5.74) is 1.30. The molecule has 0 bridgehead atoms. The third-order valence-corrected chi connectivity index (χ3v) is 1.13. The second-order valence-electron chi connectivity index (χ2n) is 1.76. The van der Waals surface area contributed by atoms with Gasteiger partial charge < -0.3 is 0 Å². The molecule has 0 aliphatic rings. The van der Waals surface area contributed by atoms with Gasteiger partial charge in [0.25, 0.3) is 0 Å². The summed E-state index contributed by atoms with van der Waals surface area (Å²) in [5, 5.41) is 0. The summed E-state index contributed by atoms with van der Waals surface area (Å²) in [4.78, 5) is 3.96. The summed E-state index contributed by atoms with van der Waals surface area (Å²) in [6.07, 6.45) is 4.76. The van der Waals surface area contributed by atoms with Crippen LogP contribution in [0.2, 0.25) is 0 Å². The first kappa shape index (κ1) is 11.2. The summed E-state index contributed by atoms with van der Waals surface area (Å²) in [6.45, 7) is 2.12. The molecule has 0 atom stereocenters. The number of pyridine rings is 1. The average molecular weight is 237 g/mol. The SMILES string of the molecule is CCc1cccnc1.[Cl][Co][Cl]. The second-order valence-corrected chi connectivity index (χ2v) is 3.48. The Labute approximate surface area is 81.6 Å². The van der Waals surface area contributed by atoms with Crippen molar-refractivity contribution in [1.29, 1.82) is 0 Å². The van der Waals surface area contributed by atoms with E-state index < -0.39 is 0 Å². The molecule has 65 valence electrons. The number of aryl methyl sites for hydroxylation is 1. The van der Waals surface area contributed by atoms with Crippen LogP contribution in [0.15, 0.2) is 24.5 Å².